The highest BCUT2D eigenvalue weighted by Crippen LogP contribution is 2.40. The van der Waals surface area contributed by atoms with Crippen LogP contribution in [-0.2, 0) is 16.0 Å². The topological polar surface area (TPSA) is 76.7 Å². The molecule has 2 atom stereocenters. The van der Waals surface area contributed by atoms with Crippen molar-refractivity contribution < 1.29 is 19.1 Å². The third-order valence-corrected chi connectivity index (χ3v) is 4.86. The number of carbonyl (C=O) groups excluding carboxylic acids is 2. The van der Waals surface area contributed by atoms with Crippen molar-refractivity contribution in [2.45, 2.75) is 32.8 Å². The van der Waals surface area contributed by atoms with Gasteiger partial charge in [-0.15, -0.1) is 0 Å². The SMILES string of the molecule is COc1ccccc1CCNC(=O)C1CC1C(=O)Nc1ccccc1OC(C)C. The second-order valence-corrected chi connectivity index (χ2v) is 7.45. The number of methoxy groups -OCH3 is 1. The summed E-state index contributed by atoms with van der Waals surface area (Å²) in [5, 5.41) is 5.83. The monoisotopic (exact) mass is 396 g/mol. The lowest BCUT2D eigenvalue weighted by Crippen LogP contribution is -2.29. The van der Waals surface area contributed by atoms with Crippen LogP contribution in [0.15, 0.2) is 48.5 Å². The minimum Gasteiger partial charge on any atom is -0.496 e. The van der Waals surface area contributed by atoms with E-state index < -0.39 is 0 Å². The van der Waals surface area contributed by atoms with E-state index >= 15 is 0 Å². The Morgan fingerprint density at radius 2 is 1.66 bits per heavy atom. The van der Waals surface area contributed by atoms with Crippen LogP contribution in [-0.4, -0.2) is 31.6 Å². The fourth-order valence-corrected chi connectivity index (χ4v) is 3.29. The van der Waals surface area contributed by atoms with Crippen molar-refractivity contribution in [3.05, 3.63) is 54.1 Å². The molecule has 1 aliphatic rings. The summed E-state index contributed by atoms with van der Waals surface area (Å²) in [7, 11) is 1.63. The van der Waals surface area contributed by atoms with Crippen LogP contribution in [0.5, 0.6) is 11.5 Å². The van der Waals surface area contributed by atoms with Gasteiger partial charge in [-0.25, -0.2) is 0 Å². The maximum atomic E-state index is 12.5. The molecule has 2 N–H and O–H groups in total. The van der Waals surface area contributed by atoms with Gasteiger partial charge >= 0.3 is 0 Å². The second-order valence-electron chi connectivity index (χ2n) is 7.45. The van der Waals surface area contributed by atoms with Crippen LogP contribution < -0.4 is 20.1 Å². The van der Waals surface area contributed by atoms with Gasteiger partial charge in [0.25, 0.3) is 0 Å². The first kappa shape index (κ1) is 20.7. The Kier molecular flexibility index (Phi) is 6.75. The van der Waals surface area contributed by atoms with Gasteiger partial charge in [0.1, 0.15) is 11.5 Å². The van der Waals surface area contributed by atoms with Gasteiger partial charge in [-0.3, -0.25) is 9.59 Å². The standard InChI is InChI=1S/C23H28N2O4/c1-15(2)29-21-11-7-5-9-19(21)25-23(27)18-14-17(18)22(26)24-13-12-16-8-4-6-10-20(16)28-3/h4-11,15,17-18H,12-14H2,1-3H3,(H,24,26)(H,25,27). The van der Waals surface area contributed by atoms with Crippen LogP contribution in [0.1, 0.15) is 25.8 Å². The summed E-state index contributed by atoms with van der Waals surface area (Å²) < 4.78 is 11.1. The molecular weight excluding hydrogens is 368 g/mol. The molecule has 6 nitrogen and oxygen atoms in total. The van der Waals surface area contributed by atoms with Gasteiger partial charge < -0.3 is 20.1 Å². The molecule has 0 saturated heterocycles. The lowest BCUT2D eigenvalue weighted by Gasteiger charge is -2.14. The Morgan fingerprint density at radius 3 is 2.38 bits per heavy atom. The Hall–Kier alpha value is -3.02. The van der Waals surface area contributed by atoms with E-state index in [9.17, 15) is 9.59 Å². The van der Waals surface area contributed by atoms with Crippen molar-refractivity contribution in [1.29, 1.82) is 0 Å². The molecule has 2 aromatic carbocycles. The molecule has 0 heterocycles. The number of amides is 2. The average molecular weight is 396 g/mol. The van der Waals surface area contributed by atoms with Gasteiger partial charge in [0.05, 0.1) is 30.7 Å². The quantitative estimate of drug-likeness (QED) is 0.681. The fraction of sp³-hybridized carbons (Fsp3) is 0.391. The molecule has 0 aliphatic heterocycles. The third-order valence-electron chi connectivity index (χ3n) is 4.86. The summed E-state index contributed by atoms with van der Waals surface area (Å²) in [6.45, 7) is 4.38. The summed E-state index contributed by atoms with van der Waals surface area (Å²) in [6.07, 6.45) is 1.26. The Balaban J connectivity index is 1.48. The average Bonchev–Trinajstić information content (AvgIpc) is 3.50. The summed E-state index contributed by atoms with van der Waals surface area (Å²) in [5.74, 6) is 0.655. The molecule has 3 rings (SSSR count). The van der Waals surface area contributed by atoms with Crippen LogP contribution >= 0.6 is 0 Å². The number of nitrogens with one attached hydrogen (secondary N) is 2. The van der Waals surface area contributed by atoms with Crippen molar-refractivity contribution in [2.24, 2.45) is 11.8 Å². The van der Waals surface area contributed by atoms with Gasteiger partial charge in [0.15, 0.2) is 0 Å². The Labute approximate surface area is 171 Å². The number of hydrogen-bond donors (Lipinski definition) is 2. The van der Waals surface area contributed by atoms with Crippen molar-refractivity contribution in [3.8, 4) is 11.5 Å². The zero-order valence-electron chi connectivity index (χ0n) is 17.1. The summed E-state index contributed by atoms with van der Waals surface area (Å²) in [6, 6.07) is 15.1. The lowest BCUT2D eigenvalue weighted by atomic mass is 10.1. The largest absolute Gasteiger partial charge is 0.496 e. The van der Waals surface area contributed by atoms with Crippen LogP contribution in [0.25, 0.3) is 0 Å². The van der Waals surface area contributed by atoms with Crippen molar-refractivity contribution >= 4 is 17.5 Å². The van der Waals surface area contributed by atoms with Crippen LogP contribution in [0.3, 0.4) is 0 Å². The number of rotatable bonds is 9. The predicted octanol–water partition coefficient (Wildman–Crippen LogP) is 3.42. The normalized spacial score (nSPS) is 17.5. The molecule has 29 heavy (non-hydrogen) atoms. The number of benzene rings is 2. The van der Waals surface area contributed by atoms with E-state index in [1.165, 1.54) is 0 Å². The second kappa shape index (κ2) is 9.45. The number of ether oxygens (including phenoxy) is 2. The van der Waals surface area contributed by atoms with Gasteiger partial charge in [0, 0.05) is 6.54 Å². The van der Waals surface area contributed by atoms with Gasteiger partial charge in [0.2, 0.25) is 11.8 Å². The molecule has 0 radical (unpaired) electrons. The van der Waals surface area contributed by atoms with Crippen molar-refractivity contribution in [1.82, 2.24) is 5.32 Å². The minimum atomic E-state index is -0.298. The minimum absolute atomic E-state index is 0.00995. The smallest absolute Gasteiger partial charge is 0.228 e. The zero-order valence-corrected chi connectivity index (χ0v) is 17.1. The Bertz CT molecular complexity index is 865. The molecule has 2 unspecified atom stereocenters. The first-order valence-electron chi connectivity index (χ1n) is 9.95. The maximum absolute atomic E-state index is 12.5. The number of hydrogen-bond acceptors (Lipinski definition) is 4. The summed E-state index contributed by atoms with van der Waals surface area (Å²) in [4.78, 5) is 24.9. The molecule has 0 bridgehead atoms. The van der Waals surface area contributed by atoms with E-state index in [-0.39, 0.29) is 29.8 Å². The van der Waals surface area contributed by atoms with Crippen LogP contribution in [0.2, 0.25) is 0 Å². The maximum Gasteiger partial charge on any atom is 0.228 e. The molecule has 0 spiro atoms. The molecule has 154 valence electrons. The lowest BCUT2D eigenvalue weighted by molar-refractivity contribution is -0.125. The highest BCUT2D eigenvalue weighted by molar-refractivity contribution is 6.00. The number of carbonyl (C=O) groups is 2. The first-order chi connectivity index (χ1) is 14.0. The van der Waals surface area contributed by atoms with Crippen molar-refractivity contribution in [3.63, 3.8) is 0 Å². The van der Waals surface area contributed by atoms with Crippen LogP contribution in [0, 0.1) is 11.8 Å². The van der Waals surface area contributed by atoms with Gasteiger partial charge in [-0.1, -0.05) is 30.3 Å². The highest BCUT2D eigenvalue weighted by atomic mass is 16.5. The van der Waals surface area contributed by atoms with E-state index in [1.54, 1.807) is 13.2 Å². The molecular formula is C23H28N2O4. The third kappa shape index (κ3) is 5.50. The Morgan fingerprint density at radius 1 is 1.00 bits per heavy atom. The fourth-order valence-electron chi connectivity index (χ4n) is 3.29. The highest BCUT2D eigenvalue weighted by Gasteiger charge is 2.48. The molecule has 1 fully saturated rings. The van der Waals surface area contributed by atoms with Gasteiger partial charge in [-0.2, -0.15) is 0 Å². The van der Waals surface area contributed by atoms with E-state index in [4.69, 9.17) is 9.47 Å². The summed E-state index contributed by atoms with van der Waals surface area (Å²) >= 11 is 0. The first-order valence-corrected chi connectivity index (χ1v) is 9.95. The number of anilines is 1. The van der Waals surface area contributed by atoms with Gasteiger partial charge in [-0.05, 0) is 50.5 Å². The summed E-state index contributed by atoms with van der Waals surface area (Å²) in [5.41, 5.74) is 1.68. The van der Waals surface area contributed by atoms with E-state index in [0.29, 0.717) is 30.8 Å². The molecule has 2 amide bonds. The molecule has 1 saturated carbocycles. The van der Waals surface area contributed by atoms with Crippen molar-refractivity contribution in [2.75, 3.05) is 19.0 Å². The number of para-hydroxylation sites is 3. The zero-order chi connectivity index (χ0) is 20.8. The van der Waals surface area contributed by atoms with E-state index in [0.717, 1.165) is 11.3 Å². The van der Waals surface area contributed by atoms with E-state index in [1.807, 2.05) is 56.3 Å². The molecule has 6 heteroatoms. The molecule has 0 aromatic heterocycles. The van der Waals surface area contributed by atoms with E-state index in [2.05, 4.69) is 10.6 Å². The predicted molar refractivity (Wildman–Crippen MR) is 112 cm³/mol. The van der Waals surface area contributed by atoms with Crippen LogP contribution in [0.4, 0.5) is 5.69 Å². The molecule has 1 aliphatic carbocycles. The molecule has 2 aromatic rings.